The Morgan fingerprint density at radius 3 is 2.70 bits per heavy atom. The zero-order valence-corrected chi connectivity index (χ0v) is 16.2. The zero-order valence-electron chi connectivity index (χ0n) is 15.5. The molecule has 1 fully saturated rings. The molecule has 0 radical (unpaired) electrons. The number of carbonyl (C=O) groups is 1. The lowest BCUT2D eigenvalue weighted by atomic mass is 10.1. The molecule has 0 atom stereocenters. The number of hydrogen-bond acceptors (Lipinski definition) is 6. The summed E-state index contributed by atoms with van der Waals surface area (Å²) >= 11 is 5.67. The molecule has 1 aromatic carbocycles. The summed E-state index contributed by atoms with van der Waals surface area (Å²) in [5.41, 5.74) is 0.837. The normalized spacial score (nSPS) is 14.7. The lowest BCUT2D eigenvalue weighted by Crippen LogP contribution is -2.39. The highest BCUT2D eigenvalue weighted by Gasteiger charge is 2.25. The number of nitro benzene ring substituents is 1. The fraction of sp³-hybridized carbons (Fsp3) is 0.611. The van der Waals surface area contributed by atoms with E-state index in [2.05, 4.69) is 10.2 Å². The number of hydrogen-bond donors (Lipinski definition) is 1. The number of halogens is 1. The Labute approximate surface area is 163 Å². The second-order valence-electron chi connectivity index (χ2n) is 6.35. The monoisotopic (exact) mass is 399 g/mol. The van der Waals surface area contributed by atoms with Crippen molar-refractivity contribution in [3.8, 4) is 5.75 Å². The van der Waals surface area contributed by atoms with E-state index in [0.29, 0.717) is 44.2 Å². The van der Waals surface area contributed by atoms with Gasteiger partial charge in [-0.05, 0) is 25.3 Å². The van der Waals surface area contributed by atoms with Gasteiger partial charge in [-0.2, -0.15) is 0 Å². The van der Waals surface area contributed by atoms with E-state index in [1.54, 1.807) is 6.07 Å². The number of rotatable bonds is 9. The van der Waals surface area contributed by atoms with Gasteiger partial charge in [0.05, 0.1) is 23.3 Å². The van der Waals surface area contributed by atoms with E-state index in [4.69, 9.17) is 21.1 Å². The number of nitrogens with one attached hydrogen (secondary N) is 1. The van der Waals surface area contributed by atoms with Crippen LogP contribution in [-0.4, -0.2) is 49.7 Å². The van der Waals surface area contributed by atoms with Crippen LogP contribution in [0.3, 0.4) is 0 Å². The zero-order chi connectivity index (χ0) is 19.6. The SMILES string of the molecule is CNC(=O)OC1CCN(c2ccc([N+](=O)[O-])cc2OCCCCCCl)CC1. The lowest BCUT2D eigenvalue weighted by molar-refractivity contribution is -0.384. The third-order valence-electron chi connectivity index (χ3n) is 4.45. The van der Waals surface area contributed by atoms with Gasteiger partial charge in [-0.1, -0.05) is 0 Å². The number of carbonyl (C=O) groups excluding carboxylic acids is 1. The highest BCUT2D eigenvalue weighted by Crippen LogP contribution is 2.34. The van der Waals surface area contributed by atoms with Crippen molar-refractivity contribution in [1.82, 2.24) is 5.32 Å². The number of benzene rings is 1. The molecule has 1 aliphatic rings. The molecule has 0 spiro atoms. The van der Waals surface area contributed by atoms with Crippen molar-refractivity contribution in [2.75, 3.05) is 37.5 Å². The molecule has 0 unspecified atom stereocenters. The number of nitrogens with zero attached hydrogens (tertiary/aromatic N) is 2. The second kappa shape index (κ2) is 10.8. The number of ether oxygens (including phenoxy) is 2. The van der Waals surface area contributed by atoms with Crippen molar-refractivity contribution in [1.29, 1.82) is 0 Å². The molecule has 1 aliphatic heterocycles. The average Bonchev–Trinajstić information content (AvgIpc) is 2.68. The van der Waals surface area contributed by atoms with Crippen molar-refractivity contribution in [3.05, 3.63) is 28.3 Å². The van der Waals surface area contributed by atoms with Crippen LogP contribution in [0.4, 0.5) is 16.2 Å². The van der Waals surface area contributed by atoms with Crippen LogP contribution in [0.15, 0.2) is 18.2 Å². The first kappa shape index (κ1) is 21.1. The van der Waals surface area contributed by atoms with E-state index < -0.39 is 11.0 Å². The first-order chi connectivity index (χ1) is 13.0. The van der Waals surface area contributed by atoms with E-state index in [1.165, 1.54) is 19.2 Å². The van der Waals surface area contributed by atoms with E-state index in [1.807, 2.05) is 0 Å². The fourth-order valence-corrected chi connectivity index (χ4v) is 3.16. The predicted molar refractivity (Wildman–Crippen MR) is 104 cm³/mol. The van der Waals surface area contributed by atoms with Gasteiger partial charge in [0, 0.05) is 44.9 Å². The average molecular weight is 400 g/mol. The molecule has 0 saturated carbocycles. The van der Waals surface area contributed by atoms with Gasteiger partial charge >= 0.3 is 6.09 Å². The van der Waals surface area contributed by atoms with Crippen molar-refractivity contribution >= 4 is 29.1 Å². The predicted octanol–water partition coefficient (Wildman–Crippen LogP) is 3.71. The molecule has 1 aromatic rings. The summed E-state index contributed by atoms with van der Waals surface area (Å²) in [4.78, 5) is 24.1. The van der Waals surface area contributed by atoms with Gasteiger partial charge in [-0.15, -0.1) is 11.6 Å². The molecule has 1 heterocycles. The second-order valence-corrected chi connectivity index (χ2v) is 6.73. The van der Waals surface area contributed by atoms with Crippen LogP contribution in [0.5, 0.6) is 5.75 Å². The molecule has 8 nitrogen and oxygen atoms in total. The molecule has 150 valence electrons. The Morgan fingerprint density at radius 1 is 1.33 bits per heavy atom. The number of alkyl carbamates (subject to hydrolysis) is 1. The highest BCUT2D eigenvalue weighted by molar-refractivity contribution is 6.17. The molecule has 9 heteroatoms. The highest BCUT2D eigenvalue weighted by atomic mass is 35.5. The van der Waals surface area contributed by atoms with Crippen molar-refractivity contribution in [2.45, 2.75) is 38.2 Å². The number of anilines is 1. The summed E-state index contributed by atoms with van der Waals surface area (Å²) in [5, 5.41) is 13.5. The summed E-state index contributed by atoms with van der Waals surface area (Å²) < 4.78 is 11.2. The maximum absolute atomic E-state index is 11.3. The van der Waals surface area contributed by atoms with Gasteiger partial charge in [0.2, 0.25) is 0 Å². The fourth-order valence-electron chi connectivity index (χ4n) is 2.97. The van der Waals surface area contributed by atoms with Gasteiger partial charge in [0.25, 0.3) is 5.69 Å². The number of unbranched alkanes of at least 4 members (excludes halogenated alkanes) is 2. The molecule has 0 bridgehead atoms. The minimum Gasteiger partial charge on any atom is -0.491 e. The summed E-state index contributed by atoms with van der Waals surface area (Å²) in [6.07, 6.45) is 3.56. The number of non-ortho nitro benzene ring substituents is 1. The first-order valence-corrected chi connectivity index (χ1v) is 9.69. The van der Waals surface area contributed by atoms with E-state index >= 15 is 0 Å². The van der Waals surface area contributed by atoms with Gasteiger partial charge in [-0.25, -0.2) is 4.79 Å². The van der Waals surface area contributed by atoms with E-state index in [-0.39, 0.29) is 11.8 Å². The van der Waals surface area contributed by atoms with Crippen LogP contribution >= 0.6 is 11.6 Å². The molecule has 2 rings (SSSR count). The van der Waals surface area contributed by atoms with Crippen molar-refractivity contribution in [3.63, 3.8) is 0 Å². The molecule has 0 aromatic heterocycles. The van der Waals surface area contributed by atoms with Crippen molar-refractivity contribution < 1.29 is 19.2 Å². The Balaban J connectivity index is 2.02. The van der Waals surface area contributed by atoms with E-state index in [9.17, 15) is 14.9 Å². The third-order valence-corrected chi connectivity index (χ3v) is 4.72. The number of amides is 1. The van der Waals surface area contributed by atoms with Gasteiger partial charge in [0.15, 0.2) is 0 Å². The first-order valence-electron chi connectivity index (χ1n) is 9.15. The summed E-state index contributed by atoms with van der Waals surface area (Å²) in [7, 11) is 1.53. The number of nitro groups is 1. The largest absolute Gasteiger partial charge is 0.491 e. The summed E-state index contributed by atoms with van der Waals surface area (Å²) in [6.45, 7) is 1.85. The maximum atomic E-state index is 11.3. The Bertz CT molecular complexity index is 635. The number of alkyl halides is 1. The van der Waals surface area contributed by atoms with Gasteiger partial charge in [-0.3, -0.25) is 10.1 Å². The Morgan fingerprint density at radius 2 is 2.07 bits per heavy atom. The van der Waals surface area contributed by atoms with Crippen LogP contribution < -0.4 is 15.0 Å². The molecule has 1 saturated heterocycles. The Hall–Kier alpha value is -2.22. The molecule has 1 N–H and O–H groups in total. The standard InChI is InChI=1S/C18H26ClN3O5/c1-20-18(23)27-15-7-10-21(11-8-15)16-6-5-14(22(24)25)13-17(16)26-12-4-2-3-9-19/h5-6,13,15H,2-4,7-12H2,1H3,(H,20,23). The van der Waals surface area contributed by atoms with Crippen LogP contribution in [0.1, 0.15) is 32.1 Å². The minimum absolute atomic E-state index is 0.00680. The maximum Gasteiger partial charge on any atom is 0.407 e. The molecule has 27 heavy (non-hydrogen) atoms. The van der Waals surface area contributed by atoms with Crippen LogP contribution in [0, 0.1) is 10.1 Å². The van der Waals surface area contributed by atoms with Crippen LogP contribution in [0.25, 0.3) is 0 Å². The van der Waals surface area contributed by atoms with Crippen LogP contribution in [-0.2, 0) is 4.74 Å². The Kier molecular flexibility index (Phi) is 8.44. The molecule has 1 amide bonds. The minimum atomic E-state index is -0.426. The third kappa shape index (κ3) is 6.46. The molecular weight excluding hydrogens is 374 g/mol. The van der Waals surface area contributed by atoms with Gasteiger partial charge < -0.3 is 19.7 Å². The quantitative estimate of drug-likeness (QED) is 0.294. The topological polar surface area (TPSA) is 93.9 Å². The smallest absolute Gasteiger partial charge is 0.407 e. The molecule has 0 aliphatic carbocycles. The van der Waals surface area contributed by atoms with Gasteiger partial charge in [0.1, 0.15) is 11.9 Å². The number of piperidine rings is 1. The van der Waals surface area contributed by atoms with E-state index in [0.717, 1.165) is 24.9 Å². The summed E-state index contributed by atoms with van der Waals surface area (Å²) in [6, 6.07) is 4.69. The molecular formula is C18H26ClN3O5. The van der Waals surface area contributed by atoms with Crippen molar-refractivity contribution in [2.24, 2.45) is 0 Å². The summed E-state index contributed by atoms with van der Waals surface area (Å²) in [5.74, 6) is 1.13. The van der Waals surface area contributed by atoms with Crippen LogP contribution in [0.2, 0.25) is 0 Å². The lowest BCUT2D eigenvalue weighted by Gasteiger charge is -2.34.